The highest BCUT2D eigenvalue weighted by Crippen LogP contribution is 2.25. The predicted octanol–water partition coefficient (Wildman–Crippen LogP) is 3.96. The van der Waals surface area contributed by atoms with Gasteiger partial charge in [-0.15, -0.1) is 0 Å². The summed E-state index contributed by atoms with van der Waals surface area (Å²) < 4.78 is 0. The summed E-state index contributed by atoms with van der Waals surface area (Å²) in [5, 5.41) is 8.80. The van der Waals surface area contributed by atoms with Crippen molar-refractivity contribution in [2.45, 2.75) is 46.1 Å². The molecule has 1 aromatic rings. The molecule has 3 nitrogen and oxygen atoms in total. The first kappa shape index (κ1) is 16.7. The molecule has 1 N–H and O–H groups in total. The first-order valence-corrected chi connectivity index (χ1v) is 7.55. The number of carboxylic acids is 1. The molecule has 0 aliphatic rings. The quantitative estimate of drug-likeness (QED) is 0.742. The van der Waals surface area contributed by atoms with Crippen molar-refractivity contribution in [3.05, 3.63) is 35.9 Å². The van der Waals surface area contributed by atoms with Crippen LogP contribution in [0.3, 0.4) is 0 Å². The van der Waals surface area contributed by atoms with Gasteiger partial charge in [0.1, 0.15) is 0 Å². The molecule has 0 aromatic heterocycles. The van der Waals surface area contributed by atoms with Crippen molar-refractivity contribution < 1.29 is 9.90 Å². The van der Waals surface area contributed by atoms with Crippen LogP contribution in [0.25, 0.3) is 0 Å². The number of hydrogen-bond acceptors (Lipinski definition) is 2. The van der Waals surface area contributed by atoms with Gasteiger partial charge in [-0.3, -0.25) is 9.69 Å². The van der Waals surface area contributed by atoms with E-state index in [9.17, 15) is 4.79 Å². The van der Waals surface area contributed by atoms with E-state index in [-0.39, 0.29) is 6.42 Å². The lowest BCUT2D eigenvalue weighted by Crippen LogP contribution is -2.33. The van der Waals surface area contributed by atoms with E-state index in [2.05, 4.69) is 49.9 Å². The molecule has 1 rings (SSSR count). The van der Waals surface area contributed by atoms with Crippen LogP contribution in [0.5, 0.6) is 0 Å². The maximum absolute atomic E-state index is 10.7. The lowest BCUT2D eigenvalue weighted by Gasteiger charge is -2.32. The van der Waals surface area contributed by atoms with Crippen LogP contribution in [0.2, 0.25) is 0 Å². The molecule has 20 heavy (non-hydrogen) atoms. The second kappa shape index (κ2) is 8.75. The number of nitrogens with zero attached hydrogens (tertiary/aromatic N) is 1. The molecule has 0 saturated heterocycles. The molecule has 3 heteroatoms. The van der Waals surface area contributed by atoms with Crippen LogP contribution in [0, 0.1) is 5.92 Å². The predicted molar refractivity (Wildman–Crippen MR) is 82.8 cm³/mol. The highest BCUT2D eigenvalue weighted by atomic mass is 16.4. The van der Waals surface area contributed by atoms with E-state index in [1.54, 1.807) is 0 Å². The highest BCUT2D eigenvalue weighted by molar-refractivity contribution is 5.66. The van der Waals surface area contributed by atoms with Gasteiger partial charge in [-0.25, -0.2) is 0 Å². The van der Waals surface area contributed by atoms with Crippen LogP contribution < -0.4 is 0 Å². The van der Waals surface area contributed by atoms with E-state index < -0.39 is 5.97 Å². The van der Waals surface area contributed by atoms with E-state index >= 15 is 0 Å². The molecule has 1 atom stereocenters. The third-order valence-corrected chi connectivity index (χ3v) is 3.45. The molecule has 112 valence electrons. The molecule has 0 aliphatic heterocycles. The van der Waals surface area contributed by atoms with Crippen LogP contribution >= 0.6 is 0 Å². The number of carboxylic acid groups (broad SMARTS) is 1. The smallest absolute Gasteiger partial charge is 0.303 e. The Labute approximate surface area is 122 Å². The average molecular weight is 277 g/mol. The molecule has 0 spiro atoms. The number of rotatable bonds is 9. The van der Waals surface area contributed by atoms with Crippen LogP contribution in [0.1, 0.15) is 51.6 Å². The summed E-state index contributed by atoms with van der Waals surface area (Å²) in [6.45, 7) is 8.47. The van der Waals surface area contributed by atoms with Gasteiger partial charge in [0.05, 0.1) is 0 Å². The largest absolute Gasteiger partial charge is 0.481 e. The van der Waals surface area contributed by atoms with Crippen molar-refractivity contribution in [2.75, 3.05) is 13.1 Å². The molecular weight excluding hydrogens is 250 g/mol. The Morgan fingerprint density at radius 2 is 1.90 bits per heavy atom. The number of benzene rings is 1. The molecule has 0 radical (unpaired) electrons. The Morgan fingerprint density at radius 1 is 1.25 bits per heavy atom. The fourth-order valence-electron chi connectivity index (χ4n) is 2.66. The number of carbonyl (C=O) groups is 1. The summed E-state index contributed by atoms with van der Waals surface area (Å²) in [6.07, 6.45) is 2.01. The van der Waals surface area contributed by atoms with E-state index in [0.717, 1.165) is 19.5 Å². The third kappa shape index (κ3) is 5.74. The zero-order valence-corrected chi connectivity index (χ0v) is 12.9. The van der Waals surface area contributed by atoms with Crippen LogP contribution in [0.15, 0.2) is 30.3 Å². The topological polar surface area (TPSA) is 40.5 Å². The maximum atomic E-state index is 10.7. The minimum atomic E-state index is -0.706. The molecule has 0 fully saturated rings. The molecule has 0 heterocycles. The van der Waals surface area contributed by atoms with Gasteiger partial charge in [0.25, 0.3) is 0 Å². The minimum absolute atomic E-state index is 0.250. The first-order chi connectivity index (χ1) is 9.54. The third-order valence-electron chi connectivity index (χ3n) is 3.45. The van der Waals surface area contributed by atoms with E-state index in [1.165, 1.54) is 5.56 Å². The van der Waals surface area contributed by atoms with Gasteiger partial charge >= 0.3 is 5.97 Å². The van der Waals surface area contributed by atoms with Crippen molar-refractivity contribution in [3.63, 3.8) is 0 Å². The summed E-state index contributed by atoms with van der Waals surface area (Å²) in [5.74, 6) is -0.125. The Morgan fingerprint density at radius 3 is 2.40 bits per heavy atom. The van der Waals surface area contributed by atoms with Gasteiger partial charge < -0.3 is 5.11 Å². The molecule has 1 aromatic carbocycles. The lowest BCUT2D eigenvalue weighted by molar-refractivity contribution is -0.137. The normalized spacial score (nSPS) is 12.8. The highest BCUT2D eigenvalue weighted by Gasteiger charge is 2.19. The zero-order valence-electron chi connectivity index (χ0n) is 12.9. The minimum Gasteiger partial charge on any atom is -0.481 e. The molecule has 0 amide bonds. The summed E-state index contributed by atoms with van der Waals surface area (Å²) in [7, 11) is 0. The summed E-state index contributed by atoms with van der Waals surface area (Å²) >= 11 is 0. The van der Waals surface area contributed by atoms with Gasteiger partial charge in [-0.2, -0.15) is 0 Å². The monoisotopic (exact) mass is 277 g/mol. The van der Waals surface area contributed by atoms with Crippen LogP contribution in [-0.2, 0) is 4.79 Å². The molecular formula is C17H27NO2. The van der Waals surface area contributed by atoms with Crippen molar-refractivity contribution in [2.24, 2.45) is 5.92 Å². The second-order valence-corrected chi connectivity index (χ2v) is 5.72. The maximum Gasteiger partial charge on any atom is 0.303 e. The van der Waals surface area contributed by atoms with E-state index in [1.807, 2.05) is 6.07 Å². The average Bonchev–Trinajstić information content (AvgIpc) is 2.39. The van der Waals surface area contributed by atoms with Crippen molar-refractivity contribution in [3.8, 4) is 0 Å². The standard InChI is InChI=1S/C17H27NO2/c1-4-16(15-9-6-5-7-10-15)18(13-14(2)3)12-8-11-17(19)20/h5-7,9-10,14,16H,4,8,11-13H2,1-3H3,(H,19,20). The van der Waals surface area contributed by atoms with E-state index in [0.29, 0.717) is 18.4 Å². The lowest BCUT2D eigenvalue weighted by atomic mass is 10.0. The molecule has 0 aliphatic carbocycles. The van der Waals surface area contributed by atoms with Gasteiger partial charge in [-0.1, -0.05) is 51.1 Å². The first-order valence-electron chi connectivity index (χ1n) is 7.55. The zero-order chi connectivity index (χ0) is 15.0. The number of aliphatic carboxylic acids is 1. The van der Waals surface area contributed by atoms with Crippen LogP contribution in [0.4, 0.5) is 0 Å². The van der Waals surface area contributed by atoms with Crippen LogP contribution in [-0.4, -0.2) is 29.1 Å². The summed E-state index contributed by atoms with van der Waals surface area (Å²) in [5.41, 5.74) is 1.32. The Balaban J connectivity index is 2.75. The Kier molecular flexibility index (Phi) is 7.31. The molecule has 0 bridgehead atoms. The second-order valence-electron chi connectivity index (χ2n) is 5.72. The van der Waals surface area contributed by atoms with E-state index in [4.69, 9.17) is 5.11 Å². The van der Waals surface area contributed by atoms with Crippen molar-refractivity contribution in [1.29, 1.82) is 0 Å². The van der Waals surface area contributed by atoms with Gasteiger partial charge in [0, 0.05) is 19.0 Å². The van der Waals surface area contributed by atoms with Crippen molar-refractivity contribution >= 4 is 5.97 Å². The number of hydrogen-bond donors (Lipinski definition) is 1. The van der Waals surface area contributed by atoms with Gasteiger partial charge in [0.2, 0.25) is 0 Å². The fraction of sp³-hybridized carbons (Fsp3) is 0.588. The Bertz CT molecular complexity index is 389. The summed E-state index contributed by atoms with van der Waals surface area (Å²) in [4.78, 5) is 13.1. The van der Waals surface area contributed by atoms with Gasteiger partial charge in [0.15, 0.2) is 0 Å². The van der Waals surface area contributed by atoms with Gasteiger partial charge in [-0.05, 0) is 30.9 Å². The van der Waals surface area contributed by atoms with Crippen molar-refractivity contribution in [1.82, 2.24) is 4.90 Å². The molecule has 1 unspecified atom stereocenters. The fourth-order valence-corrected chi connectivity index (χ4v) is 2.66. The Hall–Kier alpha value is -1.35. The summed E-state index contributed by atoms with van der Waals surface area (Å²) in [6, 6.07) is 10.9. The SMILES string of the molecule is CCC(c1ccccc1)N(CCCC(=O)O)CC(C)C. The molecule has 0 saturated carbocycles.